The molecule has 0 spiro atoms. The van der Waals surface area contributed by atoms with Gasteiger partial charge in [-0.05, 0) is 47.9 Å². The van der Waals surface area contributed by atoms with Gasteiger partial charge in [-0.15, -0.1) is 0 Å². The van der Waals surface area contributed by atoms with E-state index < -0.39 is 0 Å². The molecule has 112 valence electrons. The fourth-order valence-electron chi connectivity index (χ4n) is 3.26. The first-order valence-corrected chi connectivity index (χ1v) is 8.04. The van der Waals surface area contributed by atoms with E-state index in [0.717, 1.165) is 6.42 Å². The largest absolute Gasteiger partial charge is 0.220 e. The Bertz CT molecular complexity index is 815. The van der Waals surface area contributed by atoms with Crippen LogP contribution in [0.25, 0.3) is 22.0 Å². The van der Waals surface area contributed by atoms with Gasteiger partial charge in [-0.1, -0.05) is 44.2 Å². The molecule has 1 nitrogen and oxygen atoms in total. The first kappa shape index (κ1) is 14.8. The summed E-state index contributed by atoms with van der Waals surface area (Å²) in [7, 11) is 2.14. The van der Waals surface area contributed by atoms with Gasteiger partial charge in [0.25, 0.3) is 0 Å². The summed E-state index contributed by atoms with van der Waals surface area (Å²) in [6.07, 6.45) is 3.31. The molecular formula is C21H24N+. The SMILES string of the molecule is Cc1ccccc1-c1c2cccc(CC(C)C)c2cc[n+]1C. The van der Waals surface area contributed by atoms with Crippen molar-refractivity contribution in [1.29, 1.82) is 0 Å². The summed E-state index contributed by atoms with van der Waals surface area (Å²) < 4.78 is 2.24. The van der Waals surface area contributed by atoms with Gasteiger partial charge in [-0.2, -0.15) is 0 Å². The molecule has 0 aliphatic carbocycles. The van der Waals surface area contributed by atoms with Crippen molar-refractivity contribution in [3.05, 3.63) is 65.9 Å². The predicted octanol–water partition coefficient (Wildman–Crippen LogP) is 4.84. The first-order valence-electron chi connectivity index (χ1n) is 8.04. The summed E-state index contributed by atoms with van der Waals surface area (Å²) in [5, 5.41) is 2.73. The van der Waals surface area contributed by atoms with Crippen LogP contribution in [-0.4, -0.2) is 0 Å². The summed E-state index contributed by atoms with van der Waals surface area (Å²) in [4.78, 5) is 0. The minimum absolute atomic E-state index is 0.668. The third kappa shape index (κ3) is 2.64. The highest BCUT2D eigenvalue weighted by Gasteiger charge is 2.17. The van der Waals surface area contributed by atoms with E-state index in [4.69, 9.17) is 0 Å². The minimum atomic E-state index is 0.668. The molecule has 0 saturated carbocycles. The summed E-state index contributed by atoms with van der Waals surface area (Å²) in [5.41, 5.74) is 5.39. The molecule has 0 atom stereocenters. The van der Waals surface area contributed by atoms with E-state index >= 15 is 0 Å². The van der Waals surface area contributed by atoms with Crippen LogP contribution in [0.2, 0.25) is 0 Å². The fraction of sp³-hybridized carbons (Fsp3) is 0.286. The lowest BCUT2D eigenvalue weighted by Gasteiger charge is -2.12. The molecule has 0 amide bonds. The Balaban J connectivity index is 2.31. The zero-order valence-electron chi connectivity index (χ0n) is 13.9. The number of aryl methyl sites for hydroxylation is 2. The summed E-state index contributed by atoms with van der Waals surface area (Å²) >= 11 is 0. The zero-order chi connectivity index (χ0) is 15.7. The Morgan fingerprint density at radius 1 is 0.909 bits per heavy atom. The summed E-state index contributed by atoms with van der Waals surface area (Å²) in [5.74, 6) is 0.668. The van der Waals surface area contributed by atoms with Crippen LogP contribution in [0.1, 0.15) is 25.0 Å². The average molecular weight is 290 g/mol. The van der Waals surface area contributed by atoms with Crippen molar-refractivity contribution in [2.24, 2.45) is 13.0 Å². The molecule has 3 aromatic rings. The number of hydrogen-bond acceptors (Lipinski definition) is 0. The number of rotatable bonds is 3. The Labute approximate surface area is 133 Å². The Morgan fingerprint density at radius 2 is 1.68 bits per heavy atom. The lowest BCUT2D eigenvalue weighted by molar-refractivity contribution is -0.659. The van der Waals surface area contributed by atoms with Gasteiger partial charge in [0.1, 0.15) is 7.05 Å². The molecule has 22 heavy (non-hydrogen) atoms. The van der Waals surface area contributed by atoms with Crippen molar-refractivity contribution in [3.8, 4) is 11.3 Å². The molecule has 1 heterocycles. The topological polar surface area (TPSA) is 3.88 Å². The van der Waals surface area contributed by atoms with Crippen molar-refractivity contribution in [1.82, 2.24) is 0 Å². The van der Waals surface area contributed by atoms with Gasteiger partial charge >= 0.3 is 0 Å². The maximum absolute atomic E-state index is 2.28. The Hall–Kier alpha value is -2.15. The fourth-order valence-corrected chi connectivity index (χ4v) is 3.26. The Morgan fingerprint density at radius 3 is 2.41 bits per heavy atom. The van der Waals surface area contributed by atoms with E-state index in [1.807, 2.05) is 0 Å². The molecule has 0 aliphatic rings. The van der Waals surface area contributed by atoms with Crippen molar-refractivity contribution in [2.45, 2.75) is 27.2 Å². The second kappa shape index (κ2) is 5.92. The predicted molar refractivity (Wildman–Crippen MR) is 93.8 cm³/mol. The van der Waals surface area contributed by atoms with E-state index in [2.05, 4.69) is 87.1 Å². The molecule has 0 radical (unpaired) electrons. The normalized spacial score (nSPS) is 11.3. The van der Waals surface area contributed by atoms with E-state index in [1.54, 1.807) is 0 Å². The number of benzene rings is 2. The molecule has 0 fully saturated rings. The summed E-state index contributed by atoms with van der Waals surface area (Å²) in [6.45, 7) is 6.75. The van der Waals surface area contributed by atoms with Crippen LogP contribution in [0, 0.1) is 12.8 Å². The van der Waals surface area contributed by atoms with Gasteiger partial charge in [-0.25, -0.2) is 4.57 Å². The highest BCUT2D eigenvalue weighted by molar-refractivity contribution is 5.95. The third-order valence-corrected chi connectivity index (χ3v) is 4.30. The van der Waals surface area contributed by atoms with Crippen LogP contribution in [0.4, 0.5) is 0 Å². The first-order chi connectivity index (χ1) is 10.6. The second-order valence-corrected chi connectivity index (χ2v) is 6.57. The maximum Gasteiger partial charge on any atom is 0.220 e. The summed E-state index contributed by atoms with van der Waals surface area (Å²) in [6, 6.07) is 17.6. The monoisotopic (exact) mass is 290 g/mol. The lowest BCUT2D eigenvalue weighted by atomic mass is 9.94. The molecule has 0 N–H and O–H groups in total. The van der Waals surface area contributed by atoms with Crippen LogP contribution < -0.4 is 4.57 Å². The minimum Gasteiger partial charge on any atom is -0.200 e. The molecule has 0 saturated heterocycles. The second-order valence-electron chi connectivity index (χ2n) is 6.57. The number of fused-ring (bicyclic) bond motifs is 1. The molecule has 0 unspecified atom stereocenters. The van der Waals surface area contributed by atoms with E-state index in [0.29, 0.717) is 5.92 Å². The molecule has 1 aromatic heterocycles. The molecule has 2 aromatic carbocycles. The number of pyridine rings is 1. The van der Waals surface area contributed by atoms with Crippen molar-refractivity contribution < 1.29 is 4.57 Å². The number of hydrogen-bond donors (Lipinski definition) is 0. The van der Waals surface area contributed by atoms with Crippen LogP contribution in [-0.2, 0) is 13.5 Å². The molecule has 1 heteroatoms. The molecule has 3 rings (SSSR count). The van der Waals surface area contributed by atoms with Gasteiger partial charge in [0.2, 0.25) is 5.69 Å². The average Bonchev–Trinajstić information content (AvgIpc) is 2.48. The Kier molecular flexibility index (Phi) is 3.98. The quantitative estimate of drug-likeness (QED) is 0.608. The van der Waals surface area contributed by atoms with Gasteiger partial charge in [-0.3, -0.25) is 0 Å². The zero-order valence-corrected chi connectivity index (χ0v) is 13.9. The lowest BCUT2D eigenvalue weighted by Crippen LogP contribution is -2.30. The smallest absolute Gasteiger partial charge is 0.200 e. The molecule has 0 aliphatic heterocycles. The maximum atomic E-state index is 2.28. The third-order valence-electron chi connectivity index (χ3n) is 4.30. The van der Waals surface area contributed by atoms with Crippen LogP contribution >= 0.6 is 0 Å². The van der Waals surface area contributed by atoms with Crippen LogP contribution in [0.5, 0.6) is 0 Å². The van der Waals surface area contributed by atoms with Crippen LogP contribution in [0.3, 0.4) is 0 Å². The van der Waals surface area contributed by atoms with E-state index in [1.165, 1.54) is 33.2 Å². The van der Waals surface area contributed by atoms with Crippen molar-refractivity contribution in [2.75, 3.05) is 0 Å². The van der Waals surface area contributed by atoms with Crippen LogP contribution in [0.15, 0.2) is 54.7 Å². The van der Waals surface area contributed by atoms with Crippen molar-refractivity contribution in [3.63, 3.8) is 0 Å². The standard InChI is InChI=1S/C21H24N/c1-15(2)14-17-9-7-11-20-19(17)12-13-22(4)21(20)18-10-6-5-8-16(18)3/h5-13,15H,14H2,1-4H3/q+1. The van der Waals surface area contributed by atoms with Gasteiger partial charge < -0.3 is 0 Å². The van der Waals surface area contributed by atoms with E-state index in [-0.39, 0.29) is 0 Å². The van der Waals surface area contributed by atoms with Gasteiger partial charge in [0, 0.05) is 11.6 Å². The molecular weight excluding hydrogens is 266 g/mol. The van der Waals surface area contributed by atoms with Crippen molar-refractivity contribution >= 4 is 10.8 Å². The number of aromatic nitrogens is 1. The highest BCUT2D eigenvalue weighted by Crippen LogP contribution is 2.30. The van der Waals surface area contributed by atoms with E-state index in [9.17, 15) is 0 Å². The number of nitrogens with zero attached hydrogens (tertiary/aromatic N) is 1. The molecule has 0 bridgehead atoms. The highest BCUT2D eigenvalue weighted by atomic mass is 14.9. The van der Waals surface area contributed by atoms with Gasteiger partial charge in [0.05, 0.1) is 5.39 Å². The van der Waals surface area contributed by atoms with Gasteiger partial charge in [0.15, 0.2) is 6.20 Å².